The monoisotopic (exact) mass is 420 g/mol. The topological polar surface area (TPSA) is 89.2 Å². The Kier molecular flexibility index (Phi) is 4.80. The molecule has 7 nitrogen and oxygen atoms in total. The predicted molar refractivity (Wildman–Crippen MR) is 112 cm³/mol. The summed E-state index contributed by atoms with van der Waals surface area (Å²) in [6, 6.07) is 18.6. The van der Waals surface area contributed by atoms with Crippen LogP contribution in [0, 0.1) is 0 Å². The largest absolute Gasteiger partial charge is 0.339 e. The number of sulfonamides is 1. The third-order valence-corrected chi connectivity index (χ3v) is 7.39. The summed E-state index contributed by atoms with van der Waals surface area (Å²) in [4.78, 5) is 9.04. The molecule has 2 aromatic carbocycles. The first-order chi connectivity index (χ1) is 14.6. The summed E-state index contributed by atoms with van der Waals surface area (Å²) in [6.45, 7) is 0.836. The van der Waals surface area contributed by atoms with E-state index in [-0.39, 0.29) is 5.92 Å². The molecular weight excluding hydrogens is 400 g/mol. The number of rotatable bonds is 4. The van der Waals surface area contributed by atoms with Crippen LogP contribution >= 0.6 is 0 Å². The van der Waals surface area contributed by atoms with Crippen molar-refractivity contribution in [3.8, 4) is 11.5 Å². The van der Waals surface area contributed by atoms with E-state index < -0.39 is 10.0 Å². The maximum atomic E-state index is 13.1. The van der Waals surface area contributed by atoms with Crippen molar-refractivity contribution in [1.29, 1.82) is 0 Å². The Morgan fingerprint density at radius 3 is 2.47 bits per heavy atom. The Morgan fingerprint density at radius 1 is 0.933 bits per heavy atom. The molecule has 0 bridgehead atoms. The van der Waals surface area contributed by atoms with E-state index in [0.29, 0.717) is 48.2 Å². The Labute approximate surface area is 174 Å². The van der Waals surface area contributed by atoms with E-state index in [0.717, 1.165) is 10.8 Å². The van der Waals surface area contributed by atoms with Crippen LogP contribution in [-0.2, 0) is 10.0 Å². The fourth-order valence-electron chi connectivity index (χ4n) is 3.82. The van der Waals surface area contributed by atoms with Crippen LogP contribution in [0.4, 0.5) is 0 Å². The lowest BCUT2D eigenvalue weighted by Crippen LogP contribution is -2.37. The molecule has 0 aliphatic carbocycles. The summed E-state index contributed by atoms with van der Waals surface area (Å²) >= 11 is 0. The number of hydrogen-bond acceptors (Lipinski definition) is 6. The van der Waals surface area contributed by atoms with E-state index in [9.17, 15) is 8.42 Å². The molecule has 8 heteroatoms. The summed E-state index contributed by atoms with van der Waals surface area (Å²) < 4.78 is 33.2. The molecule has 0 radical (unpaired) electrons. The number of pyridine rings is 1. The predicted octanol–water partition coefficient (Wildman–Crippen LogP) is 3.85. The molecule has 1 saturated heterocycles. The number of piperidine rings is 1. The van der Waals surface area contributed by atoms with Crippen molar-refractivity contribution in [3.63, 3.8) is 0 Å². The van der Waals surface area contributed by atoms with Gasteiger partial charge >= 0.3 is 0 Å². The zero-order valence-corrected chi connectivity index (χ0v) is 17.0. The van der Waals surface area contributed by atoms with Gasteiger partial charge in [0.1, 0.15) is 5.69 Å². The molecule has 0 saturated carbocycles. The van der Waals surface area contributed by atoms with Gasteiger partial charge in [0, 0.05) is 25.2 Å². The average Bonchev–Trinajstić information content (AvgIpc) is 3.30. The van der Waals surface area contributed by atoms with Crippen molar-refractivity contribution >= 4 is 20.8 Å². The Hall–Kier alpha value is -3.10. The van der Waals surface area contributed by atoms with E-state index >= 15 is 0 Å². The van der Waals surface area contributed by atoms with E-state index in [1.165, 1.54) is 0 Å². The fraction of sp³-hybridized carbons (Fsp3) is 0.227. The van der Waals surface area contributed by atoms with Crippen LogP contribution in [-0.4, -0.2) is 40.9 Å². The minimum Gasteiger partial charge on any atom is -0.339 e. The lowest BCUT2D eigenvalue weighted by Gasteiger charge is -2.29. The average molecular weight is 420 g/mol. The molecule has 0 amide bonds. The molecule has 4 aromatic rings. The van der Waals surface area contributed by atoms with Gasteiger partial charge in [0.2, 0.25) is 21.7 Å². The maximum absolute atomic E-state index is 13.1. The third-order valence-electron chi connectivity index (χ3n) is 5.50. The van der Waals surface area contributed by atoms with Crippen molar-refractivity contribution in [2.24, 2.45) is 0 Å². The van der Waals surface area contributed by atoms with Crippen LogP contribution in [0.1, 0.15) is 24.7 Å². The van der Waals surface area contributed by atoms with Gasteiger partial charge in [-0.3, -0.25) is 4.98 Å². The quantitative estimate of drug-likeness (QED) is 0.498. The number of fused-ring (bicyclic) bond motifs is 1. The summed E-state index contributed by atoms with van der Waals surface area (Å²) in [5.41, 5.74) is 0.656. The van der Waals surface area contributed by atoms with Crippen LogP contribution in [0.25, 0.3) is 22.3 Å². The third kappa shape index (κ3) is 3.48. The van der Waals surface area contributed by atoms with E-state index in [1.54, 1.807) is 22.6 Å². The number of hydrogen-bond donors (Lipinski definition) is 0. The Morgan fingerprint density at radius 2 is 1.70 bits per heavy atom. The first-order valence-electron chi connectivity index (χ1n) is 9.85. The zero-order chi connectivity index (χ0) is 20.6. The first-order valence-corrected chi connectivity index (χ1v) is 11.3. The zero-order valence-electron chi connectivity index (χ0n) is 16.2. The van der Waals surface area contributed by atoms with Gasteiger partial charge in [-0.15, -0.1) is 0 Å². The van der Waals surface area contributed by atoms with Gasteiger partial charge in [0.05, 0.1) is 4.90 Å². The lowest BCUT2D eigenvalue weighted by molar-refractivity contribution is 0.271. The molecule has 5 rings (SSSR count). The molecular formula is C22H20N4O3S. The highest BCUT2D eigenvalue weighted by molar-refractivity contribution is 7.89. The second-order valence-corrected chi connectivity index (χ2v) is 9.30. The molecule has 3 heterocycles. The normalized spacial score (nSPS) is 16.1. The van der Waals surface area contributed by atoms with E-state index in [4.69, 9.17) is 4.52 Å². The van der Waals surface area contributed by atoms with Crippen LogP contribution < -0.4 is 0 Å². The number of benzene rings is 2. The second kappa shape index (κ2) is 7.62. The lowest BCUT2D eigenvalue weighted by atomic mass is 9.98. The summed E-state index contributed by atoms with van der Waals surface area (Å²) in [7, 11) is -3.54. The van der Waals surface area contributed by atoms with Crippen molar-refractivity contribution in [2.75, 3.05) is 13.1 Å². The second-order valence-electron chi connectivity index (χ2n) is 7.36. The van der Waals surface area contributed by atoms with Gasteiger partial charge in [0.15, 0.2) is 0 Å². The fourth-order valence-corrected chi connectivity index (χ4v) is 5.33. The van der Waals surface area contributed by atoms with E-state index in [2.05, 4.69) is 15.1 Å². The Balaban J connectivity index is 1.31. The highest BCUT2D eigenvalue weighted by Gasteiger charge is 2.32. The number of nitrogens with zero attached hydrogens (tertiary/aromatic N) is 4. The molecule has 30 heavy (non-hydrogen) atoms. The van der Waals surface area contributed by atoms with Crippen LogP contribution in [0.2, 0.25) is 0 Å². The molecule has 0 atom stereocenters. The van der Waals surface area contributed by atoms with Crippen molar-refractivity contribution < 1.29 is 12.9 Å². The standard InChI is InChI=1S/C22H20N4O3S/c27-30(28,19-9-8-16-5-1-2-6-18(16)15-19)26-13-10-17(11-14-26)22-24-21(25-29-22)20-7-3-4-12-23-20/h1-9,12,15,17H,10-11,13-14H2. The Bertz CT molecular complexity index is 1280. The first kappa shape index (κ1) is 18.9. The minimum atomic E-state index is -3.54. The van der Waals surface area contributed by atoms with Gasteiger partial charge in [-0.1, -0.05) is 41.6 Å². The van der Waals surface area contributed by atoms with Crippen molar-refractivity contribution in [2.45, 2.75) is 23.7 Å². The van der Waals surface area contributed by atoms with Gasteiger partial charge in [-0.25, -0.2) is 8.42 Å². The molecule has 1 aliphatic heterocycles. The molecule has 1 aliphatic rings. The highest BCUT2D eigenvalue weighted by atomic mass is 32.2. The maximum Gasteiger partial charge on any atom is 0.243 e. The van der Waals surface area contributed by atoms with Gasteiger partial charge in [0.25, 0.3) is 0 Å². The summed E-state index contributed by atoms with van der Waals surface area (Å²) in [5.74, 6) is 1.04. The van der Waals surface area contributed by atoms with Crippen molar-refractivity contribution in [1.82, 2.24) is 19.4 Å². The van der Waals surface area contributed by atoms with Crippen LogP contribution in [0.5, 0.6) is 0 Å². The SMILES string of the molecule is O=S(=O)(c1ccc2ccccc2c1)N1CCC(c2nc(-c3ccccn3)no2)CC1. The van der Waals surface area contributed by atoms with Gasteiger partial charge in [-0.2, -0.15) is 9.29 Å². The molecule has 2 aromatic heterocycles. The van der Waals surface area contributed by atoms with Crippen LogP contribution in [0.15, 0.2) is 76.3 Å². The smallest absolute Gasteiger partial charge is 0.243 e. The molecule has 0 unspecified atom stereocenters. The van der Waals surface area contributed by atoms with Crippen molar-refractivity contribution in [3.05, 3.63) is 72.8 Å². The van der Waals surface area contributed by atoms with Gasteiger partial charge < -0.3 is 4.52 Å². The minimum absolute atomic E-state index is 0.0398. The summed E-state index contributed by atoms with van der Waals surface area (Å²) in [5, 5.41) is 5.97. The summed E-state index contributed by atoms with van der Waals surface area (Å²) in [6.07, 6.45) is 2.95. The van der Waals surface area contributed by atoms with E-state index in [1.807, 2.05) is 48.5 Å². The van der Waals surface area contributed by atoms with Gasteiger partial charge in [-0.05, 0) is 47.9 Å². The highest BCUT2D eigenvalue weighted by Crippen LogP contribution is 2.31. The molecule has 0 N–H and O–H groups in total. The van der Waals surface area contributed by atoms with Crippen LogP contribution in [0.3, 0.4) is 0 Å². The molecule has 0 spiro atoms. The molecule has 1 fully saturated rings. The molecule has 152 valence electrons. The number of aromatic nitrogens is 3.